The van der Waals surface area contributed by atoms with Crippen LogP contribution in [0.1, 0.15) is 28.8 Å². The maximum absolute atomic E-state index is 13.6. The molecule has 0 N–H and O–H groups in total. The van der Waals surface area contributed by atoms with Gasteiger partial charge in [-0.25, -0.2) is 13.9 Å². The van der Waals surface area contributed by atoms with Crippen LogP contribution in [0.15, 0.2) is 91.0 Å². The smallest absolute Gasteiger partial charge is 0.334 e. The number of carbonyl (C=O) groups is 1. The second-order valence-corrected chi connectivity index (χ2v) is 9.12. The molecule has 3 aromatic carbocycles. The minimum absolute atomic E-state index is 0.305. The molecule has 0 bridgehead atoms. The van der Waals surface area contributed by atoms with E-state index in [0.29, 0.717) is 11.3 Å². The Labute approximate surface area is 204 Å². The van der Waals surface area contributed by atoms with Crippen molar-refractivity contribution in [1.82, 2.24) is 9.78 Å². The number of benzene rings is 3. The lowest BCUT2D eigenvalue weighted by Crippen LogP contribution is -2.09. The van der Waals surface area contributed by atoms with Gasteiger partial charge in [0.15, 0.2) is 6.10 Å². The molecule has 1 aromatic heterocycles. The summed E-state index contributed by atoms with van der Waals surface area (Å²) < 4.78 is 22.1. The molecule has 1 fully saturated rings. The van der Waals surface area contributed by atoms with Crippen LogP contribution < -0.4 is 0 Å². The van der Waals surface area contributed by atoms with Crippen molar-refractivity contribution in [3.63, 3.8) is 0 Å². The van der Waals surface area contributed by atoms with E-state index in [1.54, 1.807) is 12.1 Å². The highest BCUT2D eigenvalue weighted by molar-refractivity contribution is 14.1. The predicted octanol–water partition coefficient (Wildman–Crippen LogP) is 6.53. The summed E-state index contributed by atoms with van der Waals surface area (Å²) in [5.74, 6) is -1.06. The van der Waals surface area contributed by atoms with Crippen molar-refractivity contribution in [2.24, 2.45) is 0 Å². The fourth-order valence-corrected chi connectivity index (χ4v) is 5.10. The van der Waals surface area contributed by atoms with Gasteiger partial charge in [-0.05, 0) is 71.5 Å². The van der Waals surface area contributed by atoms with E-state index in [2.05, 4.69) is 29.2 Å². The Balaban J connectivity index is 1.69. The maximum Gasteiger partial charge on any atom is 0.334 e. The number of aromatic nitrogens is 2. The lowest BCUT2D eigenvalue weighted by molar-refractivity contribution is -0.139. The molecular formula is C27H20FIN2O2. The van der Waals surface area contributed by atoms with Gasteiger partial charge in [0.25, 0.3) is 0 Å². The quantitative estimate of drug-likeness (QED) is 0.165. The molecule has 1 saturated heterocycles. The highest BCUT2D eigenvalue weighted by Gasteiger charge is 2.43. The third kappa shape index (κ3) is 3.88. The summed E-state index contributed by atoms with van der Waals surface area (Å²) in [7, 11) is 0. The third-order valence-electron chi connectivity index (χ3n) is 5.85. The van der Waals surface area contributed by atoms with Gasteiger partial charge in [-0.2, -0.15) is 5.10 Å². The van der Waals surface area contributed by atoms with Gasteiger partial charge in [-0.15, -0.1) is 0 Å². The molecule has 0 amide bonds. The van der Waals surface area contributed by atoms with Crippen molar-refractivity contribution >= 4 is 28.6 Å². The first-order valence-electron chi connectivity index (χ1n) is 10.5. The Kier molecular flexibility index (Phi) is 5.62. The van der Waals surface area contributed by atoms with Crippen molar-refractivity contribution in [3.05, 3.63) is 117 Å². The number of cyclic esters (lactones) is 1. The van der Waals surface area contributed by atoms with E-state index in [9.17, 15) is 9.18 Å². The highest BCUT2D eigenvalue weighted by atomic mass is 127. The van der Waals surface area contributed by atoms with Crippen LogP contribution in [0.2, 0.25) is 0 Å². The van der Waals surface area contributed by atoms with E-state index in [0.717, 1.165) is 31.6 Å². The lowest BCUT2D eigenvalue weighted by atomic mass is 9.87. The van der Waals surface area contributed by atoms with Crippen LogP contribution in [-0.4, -0.2) is 15.7 Å². The summed E-state index contributed by atoms with van der Waals surface area (Å²) in [6.45, 7) is 6.04. The summed E-state index contributed by atoms with van der Waals surface area (Å²) in [6, 6.07) is 24.1. The van der Waals surface area contributed by atoms with Gasteiger partial charge < -0.3 is 4.74 Å². The average molecular weight is 550 g/mol. The first-order valence-corrected chi connectivity index (χ1v) is 11.6. The number of ether oxygens (including phenoxy) is 1. The van der Waals surface area contributed by atoms with Crippen LogP contribution >= 0.6 is 22.6 Å². The van der Waals surface area contributed by atoms with Gasteiger partial charge >= 0.3 is 5.97 Å². The van der Waals surface area contributed by atoms with Crippen molar-refractivity contribution in [3.8, 4) is 16.9 Å². The minimum Gasteiger partial charge on any atom is -0.451 e. The Morgan fingerprint density at radius 2 is 1.67 bits per heavy atom. The molecular weight excluding hydrogens is 530 g/mol. The van der Waals surface area contributed by atoms with Crippen LogP contribution in [-0.2, 0) is 9.53 Å². The second kappa shape index (κ2) is 8.59. The van der Waals surface area contributed by atoms with Gasteiger partial charge in [-0.3, -0.25) is 0 Å². The van der Waals surface area contributed by atoms with E-state index in [-0.39, 0.29) is 11.7 Å². The van der Waals surface area contributed by atoms with E-state index in [1.165, 1.54) is 12.1 Å². The Hall–Kier alpha value is -3.26. The lowest BCUT2D eigenvalue weighted by Gasteiger charge is -2.17. The van der Waals surface area contributed by atoms with Crippen molar-refractivity contribution in [1.29, 1.82) is 0 Å². The highest BCUT2D eigenvalue weighted by Crippen LogP contribution is 2.47. The molecule has 1 aliphatic rings. The molecule has 4 nitrogen and oxygen atoms in total. The molecule has 0 aliphatic carbocycles. The fraction of sp³-hybridized carbons (Fsp3) is 0.111. The molecule has 2 heterocycles. The number of rotatable bonds is 4. The Morgan fingerprint density at radius 3 is 2.33 bits per heavy atom. The zero-order valence-electron chi connectivity index (χ0n) is 17.8. The van der Waals surface area contributed by atoms with Gasteiger partial charge in [-0.1, -0.05) is 54.6 Å². The van der Waals surface area contributed by atoms with Crippen LogP contribution in [0.4, 0.5) is 4.39 Å². The summed E-state index contributed by atoms with van der Waals surface area (Å²) in [6.07, 6.45) is -0.608. The monoisotopic (exact) mass is 550 g/mol. The number of para-hydroxylation sites is 1. The molecule has 164 valence electrons. The Morgan fingerprint density at radius 1 is 1.00 bits per heavy atom. The number of esters is 1. The average Bonchev–Trinajstić information content (AvgIpc) is 3.32. The van der Waals surface area contributed by atoms with E-state index < -0.39 is 12.1 Å². The number of halogens is 2. The molecule has 0 saturated carbocycles. The molecule has 2 atom stereocenters. The minimum atomic E-state index is -0.608. The van der Waals surface area contributed by atoms with Crippen LogP contribution in [0, 0.1) is 16.3 Å². The second-order valence-electron chi connectivity index (χ2n) is 8.04. The largest absolute Gasteiger partial charge is 0.451 e. The van der Waals surface area contributed by atoms with Crippen molar-refractivity contribution in [2.45, 2.75) is 18.9 Å². The predicted molar refractivity (Wildman–Crippen MR) is 134 cm³/mol. The maximum atomic E-state index is 13.6. The number of aryl methyl sites for hydroxylation is 1. The summed E-state index contributed by atoms with van der Waals surface area (Å²) in [4.78, 5) is 12.6. The van der Waals surface area contributed by atoms with Crippen LogP contribution in [0.25, 0.3) is 16.9 Å². The molecule has 1 aliphatic heterocycles. The van der Waals surface area contributed by atoms with Crippen LogP contribution in [0.5, 0.6) is 0 Å². The van der Waals surface area contributed by atoms with Gasteiger partial charge in [0.2, 0.25) is 0 Å². The van der Waals surface area contributed by atoms with Gasteiger partial charge in [0.05, 0.1) is 20.9 Å². The van der Waals surface area contributed by atoms with Crippen LogP contribution in [0.3, 0.4) is 0 Å². The van der Waals surface area contributed by atoms with Crippen molar-refractivity contribution < 1.29 is 13.9 Å². The molecule has 6 heteroatoms. The van der Waals surface area contributed by atoms with Crippen molar-refractivity contribution in [2.75, 3.05) is 0 Å². The number of hydrogen-bond acceptors (Lipinski definition) is 3. The zero-order chi connectivity index (χ0) is 23.1. The first-order chi connectivity index (χ1) is 15.9. The first kappa shape index (κ1) is 21.6. The number of nitrogens with zero attached hydrogens (tertiary/aromatic N) is 2. The molecule has 33 heavy (non-hydrogen) atoms. The van der Waals surface area contributed by atoms with E-state index >= 15 is 0 Å². The standard InChI is InChI=1S/C27H20FIN2O2/c1-16-8-10-18(11-9-16)22-17(2)27(32)33-26(22)24-23(29)25(19-12-14-20(28)15-13-19)31(30-24)21-6-4-3-5-7-21/h3-15,22,26H,2H2,1H3. The molecule has 2 unspecified atom stereocenters. The van der Waals surface area contributed by atoms with Gasteiger partial charge in [0, 0.05) is 11.1 Å². The molecule has 0 spiro atoms. The summed E-state index contributed by atoms with van der Waals surface area (Å²) in [5, 5.41) is 4.92. The number of hydrogen-bond donors (Lipinski definition) is 0. The van der Waals surface area contributed by atoms with E-state index in [4.69, 9.17) is 9.84 Å². The topological polar surface area (TPSA) is 44.1 Å². The zero-order valence-corrected chi connectivity index (χ0v) is 20.0. The normalized spacial score (nSPS) is 17.9. The summed E-state index contributed by atoms with van der Waals surface area (Å²) >= 11 is 2.24. The van der Waals surface area contributed by atoms with Gasteiger partial charge in [0.1, 0.15) is 11.5 Å². The summed E-state index contributed by atoms with van der Waals surface area (Å²) in [5.41, 5.74) is 5.64. The third-order valence-corrected chi connectivity index (χ3v) is 6.91. The number of carbonyl (C=O) groups excluding carboxylic acids is 1. The fourth-order valence-electron chi connectivity index (χ4n) is 4.14. The Bertz CT molecular complexity index is 1350. The molecule has 0 radical (unpaired) electrons. The molecule has 4 aromatic rings. The molecule has 5 rings (SSSR count). The van der Waals surface area contributed by atoms with E-state index in [1.807, 2.05) is 66.2 Å². The SMILES string of the molecule is C=C1C(=O)OC(c2nn(-c3ccccc3)c(-c3ccc(F)cc3)c2I)C1c1ccc(C)cc1.